The first kappa shape index (κ1) is 19.9. The van der Waals surface area contributed by atoms with Crippen LogP contribution in [0.3, 0.4) is 0 Å². The van der Waals surface area contributed by atoms with Crippen LogP contribution in [0.15, 0.2) is 35.4 Å². The molecule has 0 saturated carbocycles. The predicted molar refractivity (Wildman–Crippen MR) is 103 cm³/mol. The molecule has 0 fully saturated rings. The van der Waals surface area contributed by atoms with Gasteiger partial charge >= 0.3 is 5.69 Å². The first-order valence-corrected chi connectivity index (χ1v) is 8.62. The molecular formula is C19H19N3O7. The van der Waals surface area contributed by atoms with Crippen LogP contribution in [0.2, 0.25) is 0 Å². The van der Waals surface area contributed by atoms with Crippen molar-refractivity contribution in [3.05, 3.63) is 51.6 Å². The molecule has 1 heterocycles. The van der Waals surface area contributed by atoms with E-state index in [4.69, 9.17) is 18.9 Å². The number of fused-ring (bicyclic) bond motifs is 1. The van der Waals surface area contributed by atoms with Crippen molar-refractivity contribution < 1.29 is 28.7 Å². The standard InChI is InChI=1S/C19H19N3O7/c1-26-16-10-17(27-2)14(22(24)25)9-13(16)11-20-21-19(23)8-12-3-4-15-18(7-12)29-6-5-28-15/h3-4,7,9-11H,5-6,8H2,1-2H3,(H,21,23)/b20-11-. The van der Waals surface area contributed by atoms with E-state index in [1.165, 1.54) is 32.6 Å². The van der Waals surface area contributed by atoms with Gasteiger partial charge in [0.15, 0.2) is 11.5 Å². The second-order valence-electron chi connectivity index (χ2n) is 5.97. The van der Waals surface area contributed by atoms with Crippen molar-refractivity contribution in [1.29, 1.82) is 0 Å². The number of nitrogens with zero attached hydrogens (tertiary/aromatic N) is 2. The minimum absolute atomic E-state index is 0.0617. The molecule has 0 saturated heterocycles. The number of nitro benzene ring substituents is 1. The molecule has 0 spiro atoms. The first-order chi connectivity index (χ1) is 14.0. The lowest BCUT2D eigenvalue weighted by Gasteiger charge is -2.18. The van der Waals surface area contributed by atoms with E-state index < -0.39 is 4.92 Å². The Balaban J connectivity index is 1.68. The fourth-order valence-electron chi connectivity index (χ4n) is 2.75. The maximum absolute atomic E-state index is 12.1. The van der Waals surface area contributed by atoms with Crippen molar-refractivity contribution in [2.75, 3.05) is 27.4 Å². The maximum Gasteiger partial charge on any atom is 0.311 e. The van der Waals surface area contributed by atoms with Gasteiger partial charge in [0.25, 0.3) is 0 Å². The quantitative estimate of drug-likeness (QED) is 0.428. The summed E-state index contributed by atoms with van der Waals surface area (Å²) in [4.78, 5) is 22.7. The van der Waals surface area contributed by atoms with Gasteiger partial charge in [-0.1, -0.05) is 6.07 Å². The molecule has 29 heavy (non-hydrogen) atoms. The van der Waals surface area contributed by atoms with Crippen LogP contribution in [0.5, 0.6) is 23.0 Å². The molecule has 0 aromatic heterocycles. The molecule has 0 bridgehead atoms. The number of amides is 1. The number of nitro groups is 1. The average molecular weight is 401 g/mol. The zero-order valence-corrected chi connectivity index (χ0v) is 15.8. The molecule has 3 rings (SSSR count). The molecule has 1 amide bonds. The Morgan fingerprint density at radius 1 is 1.17 bits per heavy atom. The normalized spacial score (nSPS) is 12.5. The van der Waals surface area contributed by atoms with Crippen molar-refractivity contribution in [3.63, 3.8) is 0 Å². The third-order valence-electron chi connectivity index (χ3n) is 4.09. The molecule has 10 heteroatoms. The van der Waals surface area contributed by atoms with Crippen LogP contribution in [0.4, 0.5) is 5.69 Å². The minimum Gasteiger partial charge on any atom is -0.496 e. The Kier molecular flexibility index (Phi) is 6.12. The highest BCUT2D eigenvalue weighted by atomic mass is 16.6. The number of nitrogens with one attached hydrogen (secondary N) is 1. The van der Waals surface area contributed by atoms with Crippen LogP contribution in [-0.4, -0.2) is 44.5 Å². The molecule has 2 aromatic carbocycles. The number of carbonyl (C=O) groups excluding carboxylic acids is 1. The summed E-state index contributed by atoms with van der Waals surface area (Å²) >= 11 is 0. The SMILES string of the molecule is COc1cc(OC)c([N+](=O)[O-])cc1/C=N\NC(=O)Cc1ccc2c(c1)OCCO2. The number of hydrogen-bond donors (Lipinski definition) is 1. The van der Waals surface area contributed by atoms with Crippen molar-refractivity contribution in [1.82, 2.24) is 5.43 Å². The van der Waals surface area contributed by atoms with Crippen molar-refractivity contribution in [3.8, 4) is 23.0 Å². The molecule has 0 radical (unpaired) electrons. The summed E-state index contributed by atoms with van der Waals surface area (Å²) < 4.78 is 21.1. The molecule has 152 valence electrons. The molecule has 10 nitrogen and oxygen atoms in total. The van der Waals surface area contributed by atoms with Gasteiger partial charge in [0, 0.05) is 17.7 Å². The third kappa shape index (κ3) is 4.72. The Morgan fingerprint density at radius 2 is 1.90 bits per heavy atom. The molecule has 1 aliphatic heterocycles. The average Bonchev–Trinajstić information content (AvgIpc) is 2.73. The van der Waals surface area contributed by atoms with Crippen LogP contribution in [0, 0.1) is 10.1 Å². The summed E-state index contributed by atoms with van der Waals surface area (Å²) in [6.07, 6.45) is 1.35. The van der Waals surface area contributed by atoms with Gasteiger partial charge in [-0.15, -0.1) is 0 Å². The zero-order valence-electron chi connectivity index (χ0n) is 15.8. The summed E-state index contributed by atoms with van der Waals surface area (Å²) in [7, 11) is 2.74. The smallest absolute Gasteiger partial charge is 0.311 e. The highest BCUT2D eigenvalue weighted by Gasteiger charge is 2.19. The van der Waals surface area contributed by atoms with Crippen LogP contribution in [-0.2, 0) is 11.2 Å². The van der Waals surface area contributed by atoms with Crippen molar-refractivity contribution in [2.45, 2.75) is 6.42 Å². The Morgan fingerprint density at radius 3 is 2.59 bits per heavy atom. The van der Waals surface area contributed by atoms with Gasteiger partial charge in [-0.05, 0) is 17.7 Å². The number of hydrazone groups is 1. The van der Waals surface area contributed by atoms with Gasteiger partial charge in [0.2, 0.25) is 11.7 Å². The fraction of sp³-hybridized carbons (Fsp3) is 0.263. The van der Waals surface area contributed by atoms with E-state index in [0.717, 1.165) is 5.56 Å². The zero-order chi connectivity index (χ0) is 20.8. The number of methoxy groups -OCH3 is 2. The summed E-state index contributed by atoms with van der Waals surface area (Å²) in [6.45, 7) is 0.956. The van der Waals surface area contributed by atoms with E-state index >= 15 is 0 Å². The molecule has 0 unspecified atom stereocenters. The minimum atomic E-state index is -0.573. The number of hydrogen-bond acceptors (Lipinski definition) is 8. The molecule has 1 N–H and O–H groups in total. The lowest BCUT2D eigenvalue weighted by atomic mass is 10.1. The lowest BCUT2D eigenvalue weighted by Crippen LogP contribution is -2.20. The highest BCUT2D eigenvalue weighted by Crippen LogP contribution is 2.33. The Hall–Kier alpha value is -3.82. The summed E-state index contributed by atoms with van der Waals surface area (Å²) in [6, 6.07) is 7.91. The van der Waals surface area contributed by atoms with E-state index in [9.17, 15) is 14.9 Å². The number of rotatable bonds is 7. The van der Waals surface area contributed by atoms with Crippen molar-refractivity contribution >= 4 is 17.8 Å². The fourth-order valence-corrected chi connectivity index (χ4v) is 2.75. The predicted octanol–water partition coefficient (Wildman–Crippen LogP) is 2.08. The van der Waals surface area contributed by atoms with Gasteiger partial charge in [-0.3, -0.25) is 14.9 Å². The maximum atomic E-state index is 12.1. The second-order valence-corrected chi connectivity index (χ2v) is 5.97. The lowest BCUT2D eigenvalue weighted by molar-refractivity contribution is -0.385. The summed E-state index contributed by atoms with van der Waals surface area (Å²) in [5.74, 6) is 1.26. The van der Waals surface area contributed by atoms with E-state index in [1.54, 1.807) is 18.2 Å². The van der Waals surface area contributed by atoms with Gasteiger partial charge in [0.05, 0.1) is 31.8 Å². The van der Waals surface area contributed by atoms with Crippen molar-refractivity contribution in [2.24, 2.45) is 5.10 Å². The van der Waals surface area contributed by atoms with Gasteiger partial charge in [-0.2, -0.15) is 5.10 Å². The topological polar surface area (TPSA) is 122 Å². The van der Waals surface area contributed by atoms with Gasteiger partial charge < -0.3 is 18.9 Å². The molecular weight excluding hydrogens is 382 g/mol. The Bertz CT molecular complexity index is 959. The molecule has 0 atom stereocenters. The Labute approximate surface area is 166 Å². The van der Waals surface area contributed by atoms with Crippen LogP contribution in [0.1, 0.15) is 11.1 Å². The monoisotopic (exact) mass is 401 g/mol. The molecule has 2 aromatic rings. The van der Waals surface area contributed by atoms with E-state index in [1.807, 2.05) is 0 Å². The largest absolute Gasteiger partial charge is 0.496 e. The van der Waals surface area contributed by atoms with Gasteiger partial charge in [-0.25, -0.2) is 5.43 Å². The van der Waals surface area contributed by atoms with Crippen LogP contribution in [0.25, 0.3) is 0 Å². The third-order valence-corrected chi connectivity index (χ3v) is 4.09. The second kappa shape index (κ2) is 8.91. The van der Waals surface area contributed by atoms with Crippen LogP contribution < -0.4 is 24.4 Å². The number of ether oxygens (including phenoxy) is 4. The van der Waals surface area contributed by atoms with E-state index in [-0.39, 0.29) is 23.8 Å². The van der Waals surface area contributed by atoms with E-state index in [2.05, 4.69) is 10.5 Å². The molecule has 0 aliphatic carbocycles. The number of carbonyl (C=O) groups is 1. The van der Waals surface area contributed by atoms with E-state index in [0.29, 0.717) is 36.0 Å². The van der Waals surface area contributed by atoms with Crippen LogP contribution >= 0.6 is 0 Å². The highest BCUT2D eigenvalue weighted by molar-refractivity contribution is 5.87. The first-order valence-electron chi connectivity index (χ1n) is 8.62. The van der Waals surface area contributed by atoms with Gasteiger partial charge in [0.1, 0.15) is 19.0 Å². The summed E-state index contributed by atoms with van der Waals surface area (Å²) in [5, 5.41) is 15.0. The molecule has 1 aliphatic rings. The number of benzene rings is 2. The summed E-state index contributed by atoms with van der Waals surface area (Å²) in [5.41, 5.74) is 3.21.